The number of anilines is 8. The minimum atomic E-state index is -4.85. The zero-order valence-electron chi connectivity index (χ0n) is 31.9. The number of rotatable bonds is 20. The first-order valence-corrected chi connectivity index (χ1v) is 20.6. The Morgan fingerprint density at radius 1 is 0.483 bits per heavy atom. The minimum absolute atomic E-state index is 0.0254. The summed E-state index contributed by atoms with van der Waals surface area (Å²) in [7, 11) is -6.68. The topological polar surface area (TPSA) is 271 Å². The first-order chi connectivity index (χ1) is 28.9. The molecule has 4 aromatic carbocycles. The molecule has 0 radical (unpaired) electrons. The Labute approximate surface area is 344 Å². The van der Waals surface area contributed by atoms with E-state index in [0.717, 1.165) is 12.1 Å². The van der Waals surface area contributed by atoms with Gasteiger partial charge in [0.05, 0.1) is 13.2 Å². The van der Waals surface area contributed by atoms with Gasteiger partial charge in [0.25, 0.3) is 20.2 Å². The summed E-state index contributed by atoms with van der Waals surface area (Å²) in [5.41, 5.74) is 1.61. The second-order valence-electron chi connectivity index (χ2n) is 12.2. The smallest absolute Gasteiger partial charge is 0.323 e. The van der Waals surface area contributed by atoms with Crippen molar-refractivity contribution in [2.24, 2.45) is 0 Å². The molecular formula is C38H38N10O10S2. The van der Waals surface area contributed by atoms with E-state index in [0.29, 0.717) is 11.4 Å². The van der Waals surface area contributed by atoms with Gasteiger partial charge in [0.15, 0.2) is 0 Å². The Hall–Kier alpha value is -6.82. The summed E-state index contributed by atoms with van der Waals surface area (Å²) in [4.78, 5) is 24.7. The van der Waals surface area contributed by atoms with Crippen molar-refractivity contribution in [3.8, 4) is 12.0 Å². The number of para-hydroxylation sites is 2. The van der Waals surface area contributed by atoms with Gasteiger partial charge >= 0.3 is 12.0 Å². The normalized spacial score (nSPS) is 11.6. The molecule has 0 aliphatic heterocycles. The number of methoxy groups -OCH3 is 2. The van der Waals surface area contributed by atoms with Crippen LogP contribution in [0.1, 0.15) is 11.1 Å². The minimum Gasteiger partial charge on any atom is -0.461 e. The molecule has 6 rings (SSSR count). The van der Waals surface area contributed by atoms with Gasteiger partial charge in [-0.05, 0) is 59.7 Å². The predicted octanol–water partition coefficient (Wildman–Crippen LogP) is 5.75. The van der Waals surface area contributed by atoms with E-state index in [9.17, 15) is 25.9 Å². The quantitative estimate of drug-likeness (QED) is 0.0303. The third-order valence-electron chi connectivity index (χ3n) is 7.86. The highest BCUT2D eigenvalue weighted by atomic mass is 32.2. The van der Waals surface area contributed by atoms with E-state index in [4.69, 9.17) is 18.9 Å². The average molecular weight is 859 g/mol. The third-order valence-corrected chi connectivity index (χ3v) is 9.68. The number of hydrogen-bond donors (Lipinski definition) is 6. The highest BCUT2D eigenvalue weighted by molar-refractivity contribution is 7.86. The maximum Gasteiger partial charge on any atom is 0.323 e. The molecule has 60 heavy (non-hydrogen) atoms. The summed E-state index contributed by atoms with van der Waals surface area (Å²) in [6, 6.07) is 26.0. The van der Waals surface area contributed by atoms with Crippen LogP contribution < -0.4 is 30.7 Å². The first-order valence-electron chi connectivity index (χ1n) is 17.7. The average Bonchev–Trinajstić information content (AvgIpc) is 3.21. The fourth-order valence-corrected chi connectivity index (χ4v) is 6.60. The molecule has 0 saturated carbocycles. The van der Waals surface area contributed by atoms with Crippen molar-refractivity contribution >= 4 is 78.9 Å². The summed E-state index contributed by atoms with van der Waals surface area (Å²) in [6.07, 6.45) is 2.52. The van der Waals surface area contributed by atoms with Gasteiger partial charge in [-0.25, -0.2) is 0 Å². The second-order valence-corrected chi connectivity index (χ2v) is 15.0. The summed E-state index contributed by atoms with van der Waals surface area (Å²) < 4.78 is 92.2. The van der Waals surface area contributed by atoms with Gasteiger partial charge in [0.1, 0.15) is 23.0 Å². The Kier molecular flexibility index (Phi) is 14.1. The molecule has 0 fully saturated rings. The molecular weight excluding hydrogens is 821 g/mol. The van der Waals surface area contributed by atoms with Gasteiger partial charge in [0, 0.05) is 37.0 Å². The van der Waals surface area contributed by atoms with Crippen molar-refractivity contribution in [3.05, 3.63) is 108 Å². The zero-order valence-corrected chi connectivity index (χ0v) is 33.5. The van der Waals surface area contributed by atoms with Gasteiger partial charge in [-0.2, -0.15) is 46.7 Å². The molecule has 312 valence electrons. The van der Waals surface area contributed by atoms with E-state index in [1.807, 2.05) is 36.4 Å². The number of nitrogens with one attached hydrogen (secondary N) is 4. The number of ether oxygens (including phenoxy) is 4. The summed E-state index contributed by atoms with van der Waals surface area (Å²) in [6.45, 7) is 0.791. The van der Waals surface area contributed by atoms with Gasteiger partial charge in [-0.15, -0.1) is 0 Å². The molecule has 0 spiro atoms. The van der Waals surface area contributed by atoms with E-state index in [1.54, 1.807) is 24.3 Å². The summed E-state index contributed by atoms with van der Waals surface area (Å²) >= 11 is 0. The van der Waals surface area contributed by atoms with Crippen LogP contribution in [0.5, 0.6) is 12.0 Å². The van der Waals surface area contributed by atoms with Crippen molar-refractivity contribution in [2.45, 2.75) is 9.79 Å². The molecule has 6 aromatic rings. The SMILES string of the molecule is COCCOc1nc(Nc2ccccc2)nc(Nc2ccc(C=Cc3ccc(Nc4nc(Nc5ccccc5)nc(OCCOC)n4)cc3S(=O)(=O)O)c(S(=O)(=O)O)c2)n1. The number of benzene rings is 4. The Morgan fingerprint density at radius 3 is 1.17 bits per heavy atom. The molecule has 0 unspecified atom stereocenters. The van der Waals surface area contributed by atoms with Crippen LogP contribution in [-0.2, 0) is 29.7 Å². The lowest BCUT2D eigenvalue weighted by molar-refractivity contribution is 0.141. The van der Waals surface area contributed by atoms with Crippen LogP contribution in [0.3, 0.4) is 0 Å². The summed E-state index contributed by atoms with van der Waals surface area (Å²) in [5, 5.41) is 11.9. The molecule has 2 heterocycles. The Morgan fingerprint density at radius 2 is 0.833 bits per heavy atom. The fourth-order valence-electron chi connectivity index (χ4n) is 5.18. The van der Waals surface area contributed by atoms with E-state index < -0.39 is 30.0 Å². The lowest BCUT2D eigenvalue weighted by Gasteiger charge is -2.13. The molecule has 0 aliphatic rings. The van der Waals surface area contributed by atoms with E-state index in [2.05, 4.69) is 51.2 Å². The van der Waals surface area contributed by atoms with Gasteiger partial charge in [-0.1, -0.05) is 60.7 Å². The van der Waals surface area contributed by atoms with Crippen molar-refractivity contribution in [1.82, 2.24) is 29.9 Å². The molecule has 0 saturated heterocycles. The lowest BCUT2D eigenvalue weighted by atomic mass is 10.1. The molecule has 0 atom stereocenters. The maximum absolute atomic E-state index is 12.6. The first kappa shape index (κ1) is 42.8. The largest absolute Gasteiger partial charge is 0.461 e. The van der Waals surface area contributed by atoms with Gasteiger partial charge < -0.3 is 40.2 Å². The fraction of sp³-hybridized carbons (Fsp3) is 0.158. The van der Waals surface area contributed by atoms with E-state index >= 15 is 0 Å². The lowest BCUT2D eigenvalue weighted by Crippen LogP contribution is -2.11. The van der Waals surface area contributed by atoms with Gasteiger partial charge in [0.2, 0.25) is 23.8 Å². The van der Waals surface area contributed by atoms with Crippen molar-refractivity contribution in [2.75, 3.05) is 61.9 Å². The van der Waals surface area contributed by atoms with Crippen LogP contribution in [0.25, 0.3) is 12.2 Å². The van der Waals surface area contributed by atoms with Crippen LogP contribution in [0, 0.1) is 0 Å². The maximum atomic E-state index is 12.6. The van der Waals surface area contributed by atoms with E-state index in [-0.39, 0.29) is 84.7 Å². The molecule has 6 N–H and O–H groups in total. The van der Waals surface area contributed by atoms with Gasteiger partial charge in [-0.3, -0.25) is 9.11 Å². The standard InChI is InChI=1S/C38H38N10O10S2/c1-55-19-21-57-37-45-33(39-27-9-5-3-6-10-27)43-35(47-37)41-29-17-15-25(31(23-29)59(49,50)51)13-14-26-16-18-30(24-32(26)60(52,53)54)42-36-44-34(40-28-11-7-4-8-12-28)46-38(48-36)58-22-20-56-2/h3-18,23-24H,19-22H2,1-2H3,(H,49,50,51)(H,52,53,54)(H2,39,41,43,45,47)(H2,40,42,44,46,48). The van der Waals surface area contributed by atoms with Crippen LogP contribution in [0.2, 0.25) is 0 Å². The summed E-state index contributed by atoms with van der Waals surface area (Å²) in [5.74, 6) is 0.183. The van der Waals surface area contributed by atoms with E-state index in [1.165, 1.54) is 50.6 Å². The zero-order chi connectivity index (χ0) is 42.5. The second kappa shape index (κ2) is 19.8. The van der Waals surface area contributed by atoms with Crippen LogP contribution in [0.15, 0.2) is 107 Å². The van der Waals surface area contributed by atoms with Crippen LogP contribution >= 0.6 is 0 Å². The number of aromatic nitrogens is 6. The third kappa shape index (κ3) is 12.3. The Balaban J connectivity index is 1.26. The predicted molar refractivity (Wildman–Crippen MR) is 222 cm³/mol. The number of hydrogen-bond acceptors (Lipinski definition) is 18. The number of nitrogens with zero attached hydrogens (tertiary/aromatic N) is 6. The molecule has 0 aliphatic carbocycles. The van der Waals surface area contributed by atoms with Crippen molar-refractivity contribution < 1.29 is 44.9 Å². The van der Waals surface area contributed by atoms with Crippen molar-refractivity contribution in [3.63, 3.8) is 0 Å². The molecule has 0 bridgehead atoms. The van der Waals surface area contributed by atoms with Crippen LogP contribution in [0.4, 0.5) is 46.5 Å². The monoisotopic (exact) mass is 858 g/mol. The molecule has 22 heteroatoms. The highest BCUT2D eigenvalue weighted by Gasteiger charge is 2.19. The van der Waals surface area contributed by atoms with Crippen LogP contribution in [-0.4, -0.2) is 96.5 Å². The Bertz CT molecular complexity index is 2480. The highest BCUT2D eigenvalue weighted by Crippen LogP contribution is 2.29. The molecule has 2 aromatic heterocycles. The molecule has 0 amide bonds. The molecule has 20 nitrogen and oxygen atoms in total. The van der Waals surface area contributed by atoms with Crippen molar-refractivity contribution in [1.29, 1.82) is 0 Å².